The minimum Gasteiger partial charge on any atom is -0.437 e. The highest BCUT2D eigenvalue weighted by Crippen LogP contribution is 2.34. The summed E-state index contributed by atoms with van der Waals surface area (Å²) in [6, 6.07) is 7.47. The summed E-state index contributed by atoms with van der Waals surface area (Å²) in [6.07, 6.45) is 0. The van der Waals surface area contributed by atoms with Crippen LogP contribution in [0, 0.1) is 6.92 Å². The summed E-state index contributed by atoms with van der Waals surface area (Å²) in [7, 11) is 0. The van der Waals surface area contributed by atoms with Crippen molar-refractivity contribution in [3.63, 3.8) is 0 Å². The van der Waals surface area contributed by atoms with Gasteiger partial charge in [-0.2, -0.15) is 4.98 Å². The predicted octanol–water partition coefficient (Wildman–Crippen LogP) is 5.10. The molecule has 0 saturated heterocycles. The lowest BCUT2D eigenvalue weighted by Gasteiger charge is -2.08. The topological polar surface area (TPSA) is 35.0 Å². The zero-order chi connectivity index (χ0) is 13.4. The molecule has 3 aromatic rings. The average molecular weight is 311 g/mol. The molecule has 0 bridgehead atoms. The van der Waals surface area contributed by atoms with Crippen molar-refractivity contribution in [1.82, 2.24) is 9.97 Å². The lowest BCUT2D eigenvalue weighted by molar-refractivity contribution is 0.468. The summed E-state index contributed by atoms with van der Waals surface area (Å²) in [5, 5.41) is 3.44. The van der Waals surface area contributed by atoms with E-state index in [2.05, 4.69) is 9.97 Å². The molecule has 0 radical (unpaired) electrons. The van der Waals surface area contributed by atoms with Gasteiger partial charge >= 0.3 is 0 Å². The fourth-order valence-corrected chi connectivity index (χ4v) is 2.91. The zero-order valence-electron chi connectivity index (χ0n) is 9.85. The molecular weight excluding hydrogens is 303 g/mol. The van der Waals surface area contributed by atoms with E-state index >= 15 is 0 Å². The summed E-state index contributed by atoms with van der Waals surface area (Å²) < 4.78 is 5.76. The van der Waals surface area contributed by atoms with Gasteiger partial charge in [-0.25, -0.2) is 4.98 Å². The number of ether oxygens (including phenoxy) is 1. The van der Waals surface area contributed by atoms with Crippen molar-refractivity contribution in [3.8, 4) is 11.6 Å². The number of aromatic nitrogens is 2. The third kappa shape index (κ3) is 2.52. The molecule has 6 heteroatoms. The molecule has 0 atom stereocenters. The van der Waals surface area contributed by atoms with E-state index in [-0.39, 0.29) is 5.28 Å². The molecule has 1 aromatic carbocycles. The largest absolute Gasteiger partial charge is 0.437 e. The van der Waals surface area contributed by atoms with Crippen LogP contribution in [0.2, 0.25) is 10.3 Å². The molecule has 0 amide bonds. The van der Waals surface area contributed by atoms with E-state index in [0.29, 0.717) is 16.7 Å². The van der Waals surface area contributed by atoms with Gasteiger partial charge in [0.05, 0.1) is 10.4 Å². The van der Waals surface area contributed by atoms with Crippen LogP contribution >= 0.6 is 34.5 Å². The standard InChI is InChI=1S/C13H8Cl2N2OS/c1-7-2-3-10(9(14)6-7)18-11-8-4-5-19-12(8)17-13(15)16-11/h2-6H,1H3. The lowest BCUT2D eigenvalue weighted by Crippen LogP contribution is -1.92. The number of halogens is 2. The van der Waals surface area contributed by atoms with Gasteiger partial charge in [0.2, 0.25) is 11.2 Å². The molecule has 0 N–H and O–H groups in total. The highest BCUT2D eigenvalue weighted by molar-refractivity contribution is 7.16. The van der Waals surface area contributed by atoms with Crippen molar-refractivity contribution >= 4 is 44.8 Å². The van der Waals surface area contributed by atoms with E-state index in [1.165, 1.54) is 11.3 Å². The lowest BCUT2D eigenvalue weighted by atomic mass is 10.2. The monoisotopic (exact) mass is 310 g/mol. The Bertz CT molecular complexity index is 757. The van der Waals surface area contributed by atoms with Crippen LogP contribution < -0.4 is 4.74 Å². The minimum atomic E-state index is 0.160. The van der Waals surface area contributed by atoms with Gasteiger partial charge in [0.25, 0.3) is 0 Å². The first-order valence-corrected chi connectivity index (χ1v) is 7.12. The van der Waals surface area contributed by atoms with Crippen LogP contribution in [0.4, 0.5) is 0 Å². The minimum absolute atomic E-state index is 0.160. The van der Waals surface area contributed by atoms with E-state index in [1.807, 2.05) is 36.6 Å². The average Bonchev–Trinajstić information content (AvgIpc) is 2.80. The second-order valence-electron chi connectivity index (χ2n) is 3.97. The third-order valence-corrected chi connectivity index (χ3v) is 3.83. The number of thiophene rings is 1. The number of nitrogens with zero attached hydrogens (tertiary/aromatic N) is 2. The van der Waals surface area contributed by atoms with Crippen LogP contribution in [0.15, 0.2) is 29.6 Å². The van der Waals surface area contributed by atoms with Crippen LogP contribution in [-0.2, 0) is 0 Å². The van der Waals surface area contributed by atoms with Crippen molar-refractivity contribution in [2.75, 3.05) is 0 Å². The molecule has 0 unspecified atom stereocenters. The second-order valence-corrected chi connectivity index (χ2v) is 5.61. The van der Waals surface area contributed by atoms with E-state index < -0.39 is 0 Å². The Hall–Kier alpha value is -1.36. The number of hydrogen-bond acceptors (Lipinski definition) is 4. The van der Waals surface area contributed by atoms with E-state index in [0.717, 1.165) is 15.8 Å². The summed E-state index contributed by atoms with van der Waals surface area (Å²) in [5.74, 6) is 0.969. The fourth-order valence-electron chi connectivity index (χ4n) is 1.67. The number of hydrogen-bond donors (Lipinski definition) is 0. The summed E-state index contributed by atoms with van der Waals surface area (Å²) >= 11 is 13.5. The van der Waals surface area contributed by atoms with Crippen LogP contribution in [0.1, 0.15) is 5.56 Å². The maximum absolute atomic E-state index is 6.15. The van der Waals surface area contributed by atoms with Crippen molar-refractivity contribution in [2.24, 2.45) is 0 Å². The number of benzene rings is 1. The van der Waals surface area contributed by atoms with Crippen LogP contribution in [0.5, 0.6) is 11.6 Å². The highest BCUT2D eigenvalue weighted by atomic mass is 35.5. The van der Waals surface area contributed by atoms with Gasteiger partial charge in [-0.15, -0.1) is 11.3 Å². The smallest absolute Gasteiger partial charge is 0.232 e. The first kappa shape index (κ1) is 12.7. The van der Waals surface area contributed by atoms with E-state index in [4.69, 9.17) is 27.9 Å². The number of rotatable bonds is 2. The summed E-state index contributed by atoms with van der Waals surface area (Å²) in [6.45, 7) is 1.97. The molecule has 2 aromatic heterocycles. The number of fused-ring (bicyclic) bond motifs is 1. The van der Waals surface area contributed by atoms with E-state index in [1.54, 1.807) is 0 Å². The molecule has 2 heterocycles. The van der Waals surface area contributed by atoms with E-state index in [9.17, 15) is 0 Å². The molecule has 3 nitrogen and oxygen atoms in total. The second kappa shape index (κ2) is 4.96. The Morgan fingerprint density at radius 1 is 1.16 bits per heavy atom. The Kier molecular flexibility index (Phi) is 3.31. The molecule has 0 aliphatic rings. The molecule has 0 saturated carbocycles. The molecule has 3 rings (SSSR count). The maximum atomic E-state index is 6.15. The van der Waals surface area contributed by atoms with Crippen molar-refractivity contribution in [1.29, 1.82) is 0 Å². The van der Waals surface area contributed by atoms with Crippen LogP contribution in [0.3, 0.4) is 0 Å². The first-order valence-electron chi connectivity index (χ1n) is 5.48. The van der Waals surface area contributed by atoms with Crippen molar-refractivity contribution in [3.05, 3.63) is 45.5 Å². The third-order valence-electron chi connectivity index (χ3n) is 2.56. The van der Waals surface area contributed by atoms with Gasteiger partial charge in [-0.05, 0) is 47.7 Å². The van der Waals surface area contributed by atoms with Gasteiger partial charge in [0.1, 0.15) is 10.6 Å². The molecular formula is C13H8Cl2N2OS. The normalized spacial score (nSPS) is 10.9. The van der Waals surface area contributed by atoms with Crippen molar-refractivity contribution < 1.29 is 4.74 Å². The molecule has 0 spiro atoms. The Labute approximate surface area is 123 Å². The maximum Gasteiger partial charge on any atom is 0.232 e. The summed E-state index contributed by atoms with van der Waals surface area (Å²) in [4.78, 5) is 9.04. The zero-order valence-corrected chi connectivity index (χ0v) is 12.2. The predicted molar refractivity (Wildman–Crippen MR) is 78.7 cm³/mol. The van der Waals surface area contributed by atoms with Gasteiger partial charge < -0.3 is 4.74 Å². The van der Waals surface area contributed by atoms with Gasteiger partial charge in [-0.1, -0.05) is 17.7 Å². The van der Waals surface area contributed by atoms with Crippen molar-refractivity contribution in [2.45, 2.75) is 6.92 Å². The first-order chi connectivity index (χ1) is 9.13. The summed E-state index contributed by atoms with van der Waals surface area (Å²) in [5.41, 5.74) is 1.07. The van der Waals surface area contributed by atoms with Crippen LogP contribution in [0.25, 0.3) is 10.2 Å². The molecule has 96 valence electrons. The van der Waals surface area contributed by atoms with Gasteiger partial charge in [0.15, 0.2) is 0 Å². The Balaban J connectivity index is 2.07. The Morgan fingerprint density at radius 2 is 2.00 bits per heavy atom. The molecule has 0 fully saturated rings. The Morgan fingerprint density at radius 3 is 2.79 bits per heavy atom. The molecule has 0 aliphatic carbocycles. The highest BCUT2D eigenvalue weighted by Gasteiger charge is 2.11. The quantitative estimate of drug-likeness (QED) is 0.618. The fraction of sp³-hybridized carbons (Fsp3) is 0.0769. The van der Waals surface area contributed by atoms with Gasteiger partial charge in [-0.3, -0.25) is 0 Å². The molecule has 19 heavy (non-hydrogen) atoms. The van der Waals surface area contributed by atoms with Crippen LogP contribution in [-0.4, -0.2) is 9.97 Å². The number of aryl methyl sites for hydroxylation is 1. The van der Waals surface area contributed by atoms with Gasteiger partial charge in [0, 0.05) is 0 Å². The molecule has 0 aliphatic heterocycles. The SMILES string of the molecule is Cc1ccc(Oc2nc(Cl)nc3sccc23)c(Cl)c1.